The molecule has 0 aromatic heterocycles. The summed E-state index contributed by atoms with van der Waals surface area (Å²) in [5, 5.41) is 0. The van der Waals surface area contributed by atoms with Gasteiger partial charge in [-0.25, -0.2) is 0 Å². The summed E-state index contributed by atoms with van der Waals surface area (Å²) in [5.41, 5.74) is 6.83. The first-order valence-electron chi connectivity index (χ1n) is 5.84. The Bertz CT molecular complexity index is 360. The van der Waals surface area contributed by atoms with Crippen molar-refractivity contribution in [2.75, 3.05) is 13.1 Å². The fourth-order valence-corrected chi connectivity index (χ4v) is 1.64. The number of amides is 1. The highest BCUT2D eigenvalue weighted by molar-refractivity contribution is 5.81. The fourth-order valence-electron chi connectivity index (χ4n) is 1.64. The molecule has 0 aliphatic carbocycles. The SMILES string of the molecule is C=CCN(CCc1ccccc1)C(=O)C(C)N. The third-order valence-electron chi connectivity index (χ3n) is 2.56. The van der Waals surface area contributed by atoms with Gasteiger partial charge in [0, 0.05) is 13.1 Å². The summed E-state index contributed by atoms with van der Waals surface area (Å²) in [6.07, 6.45) is 2.57. The molecule has 1 aromatic carbocycles. The first-order chi connectivity index (χ1) is 8.15. The molecule has 1 atom stereocenters. The minimum Gasteiger partial charge on any atom is -0.337 e. The van der Waals surface area contributed by atoms with Gasteiger partial charge in [-0.15, -0.1) is 6.58 Å². The van der Waals surface area contributed by atoms with Crippen molar-refractivity contribution in [1.82, 2.24) is 4.90 Å². The molecule has 2 N–H and O–H groups in total. The van der Waals surface area contributed by atoms with Crippen molar-refractivity contribution in [3.8, 4) is 0 Å². The van der Waals surface area contributed by atoms with E-state index in [0.29, 0.717) is 13.1 Å². The van der Waals surface area contributed by atoms with E-state index in [1.54, 1.807) is 17.9 Å². The van der Waals surface area contributed by atoms with Gasteiger partial charge in [0.25, 0.3) is 0 Å². The van der Waals surface area contributed by atoms with Gasteiger partial charge in [-0.1, -0.05) is 36.4 Å². The number of hydrogen-bond donors (Lipinski definition) is 1. The third kappa shape index (κ3) is 4.41. The van der Waals surface area contributed by atoms with E-state index >= 15 is 0 Å². The molecule has 1 unspecified atom stereocenters. The van der Waals surface area contributed by atoms with Crippen LogP contribution >= 0.6 is 0 Å². The van der Waals surface area contributed by atoms with E-state index < -0.39 is 6.04 Å². The maximum absolute atomic E-state index is 11.8. The zero-order chi connectivity index (χ0) is 12.7. The Morgan fingerprint density at radius 2 is 2.12 bits per heavy atom. The Hall–Kier alpha value is -1.61. The van der Waals surface area contributed by atoms with Gasteiger partial charge in [-0.05, 0) is 18.9 Å². The summed E-state index contributed by atoms with van der Waals surface area (Å²) in [6.45, 7) is 6.60. The molecular weight excluding hydrogens is 212 g/mol. The van der Waals surface area contributed by atoms with E-state index in [-0.39, 0.29) is 5.91 Å². The van der Waals surface area contributed by atoms with Crippen LogP contribution in [0.1, 0.15) is 12.5 Å². The standard InChI is InChI=1S/C14H20N2O/c1-3-10-16(14(17)12(2)15)11-9-13-7-5-4-6-8-13/h3-8,12H,1,9-11,15H2,2H3. The molecule has 3 nitrogen and oxygen atoms in total. The molecular formula is C14H20N2O. The molecule has 3 heteroatoms. The molecule has 17 heavy (non-hydrogen) atoms. The van der Waals surface area contributed by atoms with Crippen LogP contribution in [-0.2, 0) is 11.2 Å². The van der Waals surface area contributed by atoms with Crippen LogP contribution in [0.5, 0.6) is 0 Å². The fraction of sp³-hybridized carbons (Fsp3) is 0.357. The Morgan fingerprint density at radius 3 is 2.65 bits per heavy atom. The molecule has 0 aliphatic heterocycles. The largest absolute Gasteiger partial charge is 0.337 e. The number of nitrogens with zero attached hydrogens (tertiary/aromatic N) is 1. The second-order valence-corrected chi connectivity index (χ2v) is 4.10. The van der Waals surface area contributed by atoms with E-state index in [0.717, 1.165) is 6.42 Å². The molecule has 0 saturated carbocycles. The zero-order valence-electron chi connectivity index (χ0n) is 10.3. The van der Waals surface area contributed by atoms with Crippen molar-refractivity contribution >= 4 is 5.91 Å². The van der Waals surface area contributed by atoms with Crippen molar-refractivity contribution in [2.24, 2.45) is 5.73 Å². The van der Waals surface area contributed by atoms with E-state index in [9.17, 15) is 4.79 Å². The highest BCUT2D eigenvalue weighted by atomic mass is 16.2. The van der Waals surface area contributed by atoms with Crippen LogP contribution < -0.4 is 5.73 Å². The Morgan fingerprint density at radius 1 is 1.47 bits per heavy atom. The summed E-state index contributed by atoms with van der Waals surface area (Å²) in [7, 11) is 0. The molecule has 0 spiro atoms. The van der Waals surface area contributed by atoms with Crippen molar-refractivity contribution in [2.45, 2.75) is 19.4 Å². The second kappa shape index (κ2) is 6.86. The zero-order valence-corrected chi connectivity index (χ0v) is 10.3. The average molecular weight is 232 g/mol. The molecule has 0 fully saturated rings. The van der Waals surface area contributed by atoms with Gasteiger partial charge in [-0.3, -0.25) is 4.79 Å². The van der Waals surface area contributed by atoms with Crippen molar-refractivity contribution < 1.29 is 4.79 Å². The predicted octanol–water partition coefficient (Wildman–Crippen LogP) is 1.59. The molecule has 0 aliphatic rings. The molecule has 92 valence electrons. The molecule has 1 amide bonds. The quantitative estimate of drug-likeness (QED) is 0.757. The number of nitrogens with two attached hydrogens (primary N) is 1. The molecule has 0 radical (unpaired) electrons. The van der Waals surface area contributed by atoms with E-state index in [2.05, 4.69) is 18.7 Å². The topological polar surface area (TPSA) is 46.3 Å². The molecule has 0 saturated heterocycles. The lowest BCUT2D eigenvalue weighted by atomic mass is 10.1. The molecule has 0 heterocycles. The number of carbonyl (C=O) groups excluding carboxylic acids is 1. The monoisotopic (exact) mass is 232 g/mol. The lowest BCUT2D eigenvalue weighted by molar-refractivity contribution is -0.131. The van der Waals surface area contributed by atoms with Gasteiger partial charge in [0.15, 0.2) is 0 Å². The van der Waals surface area contributed by atoms with Crippen LogP contribution in [0.25, 0.3) is 0 Å². The number of hydrogen-bond acceptors (Lipinski definition) is 2. The average Bonchev–Trinajstić information content (AvgIpc) is 2.34. The minimum absolute atomic E-state index is 0.0270. The maximum atomic E-state index is 11.8. The van der Waals surface area contributed by atoms with Gasteiger partial charge in [0.05, 0.1) is 6.04 Å². The van der Waals surface area contributed by atoms with Crippen LogP contribution in [0.15, 0.2) is 43.0 Å². The number of rotatable bonds is 6. The molecule has 1 rings (SSSR count). The highest BCUT2D eigenvalue weighted by Crippen LogP contribution is 2.02. The van der Waals surface area contributed by atoms with E-state index in [1.165, 1.54) is 5.56 Å². The lowest BCUT2D eigenvalue weighted by Gasteiger charge is -2.23. The van der Waals surface area contributed by atoms with Crippen LogP contribution in [0.4, 0.5) is 0 Å². The summed E-state index contributed by atoms with van der Waals surface area (Å²) in [6, 6.07) is 9.65. The highest BCUT2D eigenvalue weighted by Gasteiger charge is 2.15. The Kier molecular flexibility index (Phi) is 5.43. The molecule has 0 bridgehead atoms. The van der Waals surface area contributed by atoms with Crippen LogP contribution in [0.3, 0.4) is 0 Å². The van der Waals surface area contributed by atoms with Crippen LogP contribution in [-0.4, -0.2) is 29.9 Å². The number of carbonyl (C=O) groups is 1. The van der Waals surface area contributed by atoms with Crippen molar-refractivity contribution in [3.05, 3.63) is 48.6 Å². The van der Waals surface area contributed by atoms with Gasteiger partial charge in [0.1, 0.15) is 0 Å². The van der Waals surface area contributed by atoms with E-state index in [4.69, 9.17) is 5.73 Å². The van der Waals surface area contributed by atoms with Crippen LogP contribution in [0.2, 0.25) is 0 Å². The van der Waals surface area contributed by atoms with Gasteiger partial charge in [-0.2, -0.15) is 0 Å². The lowest BCUT2D eigenvalue weighted by Crippen LogP contribution is -2.43. The summed E-state index contributed by atoms with van der Waals surface area (Å²) in [4.78, 5) is 13.5. The maximum Gasteiger partial charge on any atom is 0.239 e. The molecule has 1 aromatic rings. The number of benzene rings is 1. The Balaban J connectivity index is 2.56. The minimum atomic E-state index is -0.453. The summed E-state index contributed by atoms with van der Waals surface area (Å²) < 4.78 is 0. The van der Waals surface area contributed by atoms with Crippen molar-refractivity contribution in [1.29, 1.82) is 0 Å². The smallest absolute Gasteiger partial charge is 0.239 e. The summed E-state index contributed by atoms with van der Waals surface area (Å²) >= 11 is 0. The van der Waals surface area contributed by atoms with Gasteiger partial charge >= 0.3 is 0 Å². The predicted molar refractivity (Wildman–Crippen MR) is 70.6 cm³/mol. The van der Waals surface area contributed by atoms with Crippen LogP contribution in [0, 0.1) is 0 Å². The first kappa shape index (κ1) is 13.5. The second-order valence-electron chi connectivity index (χ2n) is 4.10. The Labute approximate surface area is 103 Å². The summed E-state index contributed by atoms with van der Waals surface area (Å²) in [5.74, 6) is -0.0270. The van der Waals surface area contributed by atoms with Gasteiger partial charge < -0.3 is 10.6 Å². The van der Waals surface area contributed by atoms with E-state index in [1.807, 2.05) is 18.2 Å². The normalized spacial score (nSPS) is 11.9. The van der Waals surface area contributed by atoms with Gasteiger partial charge in [0.2, 0.25) is 5.91 Å². The third-order valence-corrected chi connectivity index (χ3v) is 2.56. The van der Waals surface area contributed by atoms with Crippen molar-refractivity contribution in [3.63, 3.8) is 0 Å². The first-order valence-corrected chi connectivity index (χ1v) is 5.84.